The summed E-state index contributed by atoms with van der Waals surface area (Å²) < 4.78 is 11.9. The number of fused-ring (bicyclic) bond motifs is 2. The van der Waals surface area contributed by atoms with E-state index in [1.807, 2.05) is 18.4 Å². The third kappa shape index (κ3) is 5.35. The van der Waals surface area contributed by atoms with E-state index < -0.39 is 30.2 Å². The average molecular weight is 490 g/mol. The number of thiazole rings is 1. The van der Waals surface area contributed by atoms with Crippen LogP contribution in [0.5, 0.6) is 0 Å². The molecule has 4 rings (SSSR count). The molecule has 34 heavy (non-hydrogen) atoms. The predicted octanol–water partition coefficient (Wildman–Crippen LogP) is 3.63. The Morgan fingerprint density at radius 2 is 2.12 bits per heavy atom. The van der Waals surface area contributed by atoms with E-state index in [0.717, 1.165) is 35.5 Å². The summed E-state index contributed by atoms with van der Waals surface area (Å²) in [6, 6.07) is 0. The molecule has 1 fully saturated rings. The lowest BCUT2D eigenvalue weighted by molar-refractivity contribution is -0.149. The molecule has 1 saturated heterocycles. The number of aryl methyl sites for hydroxylation is 1. The Bertz CT molecular complexity index is 999. The topological polar surface area (TPSA) is 109 Å². The van der Waals surface area contributed by atoms with Crippen molar-refractivity contribution >= 4 is 29.2 Å². The number of aliphatic hydroxyl groups is 2. The van der Waals surface area contributed by atoms with Crippen LogP contribution in [0.25, 0.3) is 6.08 Å². The predicted molar refractivity (Wildman–Crippen MR) is 129 cm³/mol. The SMILES string of the molecule is CCc1nc(/C=C(\C)[C@@H]2C[C@@H]3O[C@]3(C)CCC[C@@H]3C=C(C(=O)[C@H](C)[C@H]3O)[C@@H](O)CC(=O)O2)cs1. The van der Waals surface area contributed by atoms with Crippen molar-refractivity contribution in [1.29, 1.82) is 0 Å². The van der Waals surface area contributed by atoms with Crippen LogP contribution >= 0.6 is 11.3 Å². The van der Waals surface area contributed by atoms with Crippen molar-refractivity contribution in [2.45, 2.75) is 96.2 Å². The summed E-state index contributed by atoms with van der Waals surface area (Å²) in [4.78, 5) is 30.2. The van der Waals surface area contributed by atoms with Gasteiger partial charge in [0.1, 0.15) is 6.10 Å². The molecule has 3 aliphatic rings. The molecule has 0 radical (unpaired) electrons. The molecular formula is C26H35NO6S. The van der Waals surface area contributed by atoms with Gasteiger partial charge in [-0.2, -0.15) is 0 Å². The second-order valence-electron chi connectivity index (χ2n) is 10.1. The molecule has 3 heterocycles. The molecule has 2 bridgehead atoms. The van der Waals surface area contributed by atoms with Crippen LogP contribution in [-0.4, -0.2) is 57.0 Å². The lowest BCUT2D eigenvalue weighted by atomic mass is 9.75. The van der Waals surface area contributed by atoms with Gasteiger partial charge in [-0.1, -0.05) is 19.9 Å². The normalized spacial score (nSPS) is 37.4. The molecule has 2 aliphatic heterocycles. The summed E-state index contributed by atoms with van der Waals surface area (Å²) >= 11 is 1.60. The van der Waals surface area contributed by atoms with Crippen LogP contribution in [0.3, 0.4) is 0 Å². The molecule has 0 spiro atoms. The minimum Gasteiger partial charge on any atom is -0.458 e. The number of ketones is 1. The number of aliphatic hydroxyl groups excluding tert-OH is 2. The van der Waals surface area contributed by atoms with Crippen molar-refractivity contribution < 1.29 is 29.3 Å². The minimum absolute atomic E-state index is 0.0361. The first-order valence-corrected chi connectivity index (χ1v) is 13.1. The number of carbonyl (C=O) groups is 2. The summed E-state index contributed by atoms with van der Waals surface area (Å²) in [6.45, 7) is 7.73. The van der Waals surface area contributed by atoms with Crippen LogP contribution in [-0.2, 0) is 25.5 Å². The van der Waals surface area contributed by atoms with Gasteiger partial charge in [-0.3, -0.25) is 9.59 Å². The molecule has 186 valence electrons. The zero-order valence-corrected chi connectivity index (χ0v) is 21.1. The maximum atomic E-state index is 12.8. The van der Waals surface area contributed by atoms with E-state index in [1.54, 1.807) is 24.3 Å². The highest BCUT2D eigenvalue weighted by Gasteiger charge is 2.53. The molecule has 1 aromatic heterocycles. The monoisotopic (exact) mass is 489 g/mol. The number of cyclic esters (lactones) is 1. The molecule has 0 aromatic carbocycles. The number of esters is 1. The number of Topliss-reactive ketones (excluding diaryl/α,β-unsaturated/α-hetero) is 1. The molecule has 8 heteroatoms. The molecule has 2 N–H and O–H groups in total. The average Bonchev–Trinajstić information content (AvgIpc) is 3.19. The van der Waals surface area contributed by atoms with Gasteiger partial charge in [0.05, 0.1) is 41.0 Å². The zero-order valence-electron chi connectivity index (χ0n) is 20.3. The van der Waals surface area contributed by atoms with Crippen molar-refractivity contribution in [3.05, 3.63) is 33.3 Å². The highest BCUT2D eigenvalue weighted by Crippen LogP contribution is 2.45. The van der Waals surface area contributed by atoms with Gasteiger partial charge in [0.15, 0.2) is 5.78 Å². The van der Waals surface area contributed by atoms with Gasteiger partial charge in [0, 0.05) is 29.2 Å². The Morgan fingerprint density at radius 1 is 1.35 bits per heavy atom. The third-order valence-corrected chi connectivity index (χ3v) is 8.48. The Hall–Kier alpha value is -1.87. The molecule has 7 atom stereocenters. The molecule has 1 aliphatic carbocycles. The highest BCUT2D eigenvalue weighted by molar-refractivity contribution is 7.09. The number of ether oxygens (including phenoxy) is 2. The summed E-state index contributed by atoms with van der Waals surface area (Å²) in [5, 5.41) is 24.4. The minimum atomic E-state index is -1.25. The van der Waals surface area contributed by atoms with Gasteiger partial charge >= 0.3 is 5.97 Å². The Labute approximate surface area is 204 Å². The van der Waals surface area contributed by atoms with E-state index in [1.165, 1.54) is 0 Å². The zero-order chi connectivity index (χ0) is 24.6. The third-order valence-electron chi connectivity index (χ3n) is 7.46. The number of carbonyl (C=O) groups excluding carboxylic acids is 2. The molecule has 0 saturated carbocycles. The smallest absolute Gasteiger partial charge is 0.309 e. The number of aromatic nitrogens is 1. The van der Waals surface area contributed by atoms with Crippen LogP contribution in [0.1, 0.15) is 70.5 Å². The van der Waals surface area contributed by atoms with E-state index in [0.29, 0.717) is 12.8 Å². The second-order valence-corrected chi connectivity index (χ2v) is 11.0. The van der Waals surface area contributed by atoms with Crippen molar-refractivity contribution in [3.8, 4) is 0 Å². The van der Waals surface area contributed by atoms with Crippen molar-refractivity contribution in [2.24, 2.45) is 11.8 Å². The first kappa shape index (κ1) is 25.2. The maximum Gasteiger partial charge on any atom is 0.309 e. The van der Waals surface area contributed by atoms with Crippen LogP contribution in [0, 0.1) is 11.8 Å². The van der Waals surface area contributed by atoms with Gasteiger partial charge in [-0.15, -0.1) is 11.3 Å². The van der Waals surface area contributed by atoms with Crippen molar-refractivity contribution in [1.82, 2.24) is 4.98 Å². The van der Waals surface area contributed by atoms with E-state index in [9.17, 15) is 19.8 Å². The molecule has 7 nitrogen and oxygen atoms in total. The van der Waals surface area contributed by atoms with Crippen LogP contribution in [0.2, 0.25) is 0 Å². The van der Waals surface area contributed by atoms with Gasteiger partial charge < -0.3 is 19.7 Å². The second kappa shape index (κ2) is 10.0. The molecule has 0 amide bonds. The quantitative estimate of drug-likeness (QED) is 0.493. The number of rotatable bonds is 3. The first-order valence-electron chi connectivity index (χ1n) is 12.2. The van der Waals surface area contributed by atoms with Gasteiger partial charge in [0.25, 0.3) is 0 Å². The number of hydrogen-bond donors (Lipinski definition) is 2. The molecular weight excluding hydrogens is 454 g/mol. The van der Waals surface area contributed by atoms with E-state index in [4.69, 9.17) is 9.47 Å². The summed E-state index contributed by atoms with van der Waals surface area (Å²) in [5.41, 5.74) is 1.62. The fourth-order valence-electron chi connectivity index (χ4n) is 5.10. The fraction of sp³-hybridized carbons (Fsp3) is 0.654. The number of nitrogens with zero attached hydrogens (tertiary/aromatic N) is 1. The van der Waals surface area contributed by atoms with Gasteiger partial charge in [-0.05, 0) is 51.2 Å². The van der Waals surface area contributed by atoms with Crippen LogP contribution in [0.4, 0.5) is 0 Å². The summed E-state index contributed by atoms with van der Waals surface area (Å²) in [5.74, 6) is -1.73. The fourth-order valence-corrected chi connectivity index (χ4v) is 5.80. The Balaban J connectivity index is 1.58. The lowest BCUT2D eigenvalue weighted by Crippen LogP contribution is -2.40. The number of hydrogen-bond acceptors (Lipinski definition) is 8. The van der Waals surface area contributed by atoms with Crippen LogP contribution < -0.4 is 0 Å². The van der Waals surface area contributed by atoms with Gasteiger partial charge in [0.2, 0.25) is 0 Å². The lowest BCUT2D eigenvalue weighted by Gasteiger charge is -2.32. The maximum absolute atomic E-state index is 12.8. The highest BCUT2D eigenvalue weighted by atomic mass is 32.1. The first-order chi connectivity index (χ1) is 16.1. The van der Waals surface area contributed by atoms with Gasteiger partial charge in [-0.25, -0.2) is 4.98 Å². The largest absolute Gasteiger partial charge is 0.458 e. The standard InChI is InChI=1S/C26H35NO6S/c1-5-22-27-17(13-34-22)9-14(2)20-12-21-26(4,33-21)8-6-7-16-10-18(19(28)11-23(29)32-20)25(31)15(3)24(16)30/h9-10,13,15-16,19-21,24,28,30H,5-8,11-12H2,1-4H3/b14-9+/t15-,16-,19+,20+,21+,24-,26-/m1/s1. The van der Waals surface area contributed by atoms with Crippen LogP contribution in [0.15, 0.2) is 22.6 Å². The summed E-state index contributed by atoms with van der Waals surface area (Å²) in [7, 11) is 0. The van der Waals surface area contributed by atoms with Crippen molar-refractivity contribution in [2.75, 3.05) is 0 Å². The molecule has 0 unspecified atom stereocenters. The van der Waals surface area contributed by atoms with E-state index in [-0.39, 0.29) is 35.4 Å². The van der Waals surface area contributed by atoms with E-state index in [2.05, 4.69) is 18.8 Å². The Morgan fingerprint density at radius 3 is 2.82 bits per heavy atom. The van der Waals surface area contributed by atoms with E-state index >= 15 is 0 Å². The number of epoxide rings is 1. The van der Waals surface area contributed by atoms with Crippen molar-refractivity contribution in [3.63, 3.8) is 0 Å². The molecule has 1 aromatic rings. The summed E-state index contributed by atoms with van der Waals surface area (Å²) in [6.07, 6.45) is 4.43. The Kier molecular flexibility index (Phi) is 7.43.